The molecule has 0 aromatic carbocycles. The highest BCUT2D eigenvalue weighted by molar-refractivity contribution is 6.31. The number of hydrogen-bond donors (Lipinski definition) is 0. The number of pyridine rings is 1. The van der Waals surface area contributed by atoms with Crippen molar-refractivity contribution in [2.75, 3.05) is 0 Å². The maximum absolute atomic E-state index is 13.0. The van der Waals surface area contributed by atoms with Gasteiger partial charge in [0.2, 0.25) is 5.78 Å². The van der Waals surface area contributed by atoms with E-state index in [1.165, 1.54) is 12.1 Å². The second-order valence-corrected chi connectivity index (χ2v) is 2.87. The lowest BCUT2D eigenvalue weighted by atomic mass is 10.1. The molecule has 0 fully saturated rings. The summed E-state index contributed by atoms with van der Waals surface area (Å²) in [4.78, 5) is 13.9. The van der Waals surface area contributed by atoms with Gasteiger partial charge in [-0.2, -0.15) is 8.78 Å². The molecule has 0 amide bonds. The highest BCUT2D eigenvalue weighted by atomic mass is 35.5. The number of rotatable bonds is 2. The van der Waals surface area contributed by atoms with Gasteiger partial charge in [0.15, 0.2) is 0 Å². The van der Waals surface area contributed by atoms with Gasteiger partial charge >= 0.3 is 5.92 Å². The Kier molecular flexibility index (Phi) is 2.61. The van der Waals surface area contributed by atoms with Gasteiger partial charge in [-0.05, 0) is 12.1 Å². The number of Topliss-reactive ketones (excluding diaryl/α,β-unsaturated/α-hetero) is 1. The van der Waals surface area contributed by atoms with Crippen LogP contribution in [0.4, 0.5) is 8.78 Å². The highest BCUT2D eigenvalue weighted by Crippen LogP contribution is 2.31. The van der Waals surface area contributed by atoms with E-state index in [9.17, 15) is 13.6 Å². The smallest absolute Gasteiger partial charge is 0.293 e. The first-order valence-electron chi connectivity index (χ1n) is 3.46. The summed E-state index contributed by atoms with van der Waals surface area (Å²) in [7, 11) is 0. The molecule has 0 saturated carbocycles. The van der Waals surface area contributed by atoms with Gasteiger partial charge in [0, 0.05) is 13.1 Å². The predicted octanol–water partition coefficient (Wildman–Crippen LogP) is 2.42. The maximum atomic E-state index is 13.0. The van der Waals surface area contributed by atoms with E-state index in [4.69, 9.17) is 11.6 Å². The van der Waals surface area contributed by atoms with Gasteiger partial charge in [-0.15, -0.1) is 0 Å². The second kappa shape index (κ2) is 3.38. The van der Waals surface area contributed by atoms with Gasteiger partial charge in [0.1, 0.15) is 5.69 Å². The van der Waals surface area contributed by atoms with Crippen molar-refractivity contribution in [3.63, 3.8) is 0 Å². The van der Waals surface area contributed by atoms with E-state index < -0.39 is 17.4 Å². The van der Waals surface area contributed by atoms with Crippen LogP contribution in [-0.2, 0) is 10.7 Å². The molecule has 70 valence electrons. The molecule has 0 aliphatic rings. The molecule has 0 N–H and O–H groups in total. The Labute approximate surface area is 78.5 Å². The van der Waals surface area contributed by atoms with E-state index in [0.29, 0.717) is 0 Å². The van der Waals surface area contributed by atoms with Crippen LogP contribution >= 0.6 is 11.6 Å². The van der Waals surface area contributed by atoms with Gasteiger partial charge in [-0.3, -0.25) is 9.78 Å². The first-order chi connectivity index (χ1) is 5.96. The first kappa shape index (κ1) is 10.1. The van der Waals surface area contributed by atoms with Crippen molar-refractivity contribution >= 4 is 17.4 Å². The monoisotopic (exact) mass is 205 g/mol. The quantitative estimate of drug-likeness (QED) is 0.742. The number of aromatic nitrogens is 1. The molecule has 5 heteroatoms. The number of hydrogen-bond acceptors (Lipinski definition) is 2. The summed E-state index contributed by atoms with van der Waals surface area (Å²) in [6, 6.07) is 2.68. The lowest BCUT2D eigenvalue weighted by molar-refractivity contribution is -0.142. The van der Waals surface area contributed by atoms with Crippen molar-refractivity contribution in [2.45, 2.75) is 12.8 Å². The Balaban J connectivity index is 3.22. The minimum absolute atomic E-state index is 0.206. The fourth-order valence-corrected chi connectivity index (χ4v) is 1.02. The zero-order chi connectivity index (χ0) is 10.1. The second-order valence-electron chi connectivity index (χ2n) is 2.46. The lowest BCUT2D eigenvalue weighted by Gasteiger charge is -2.12. The minimum Gasteiger partial charge on any atom is -0.293 e. The topological polar surface area (TPSA) is 30.0 Å². The number of nitrogens with zero attached hydrogens (tertiary/aromatic N) is 1. The van der Waals surface area contributed by atoms with Crippen LogP contribution in [0.1, 0.15) is 12.6 Å². The van der Waals surface area contributed by atoms with Crippen LogP contribution in [0.3, 0.4) is 0 Å². The molecule has 0 unspecified atom stereocenters. The van der Waals surface area contributed by atoms with E-state index in [-0.39, 0.29) is 5.02 Å². The Bertz CT molecular complexity index is 341. The maximum Gasteiger partial charge on any atom is 0.348 e. The third-order valence-corrected chi connectivity index (χ3v) is 1.80. The van der Waals surface area contributed by atoms with E-state index in [0.717, 1.165) is 13.1 Å². The SMILES string of the molecule is CC(=O)C(F)(F)c1ncccc1Cl. The Morgan fingerprint density at radius 1 is 1.62 bits per heavy atom. The molecule has 2 nitrogen and oxygen atoms in total. The van der Waals surface area contributed by atoms with Crippen molar-refractivity contribution in [1.29, 1.82) is 0 Å². The third kappa shape index (κ3) is 1.83. The molecule has 1 aromatic rings. The summed E-state index contributed by atoms with van der Waals surface area (Å²) in [6.45, 7) is 0.797. The summed E-state index contributed by atoms with van der Waals surface area (Å²) in [5.74, 6) is -4.87. The van der Waals surface area contributed by atoms with Gasteiger partial charge in [0.25, 0.3) is 0 Å². The van der Waals surface area contributed by atoms with Gasteiger partial charge in [-0.1, -0.05) is 11.6 Å². The average Bonchev–Trinajstić information content (AvgIpc) is 2.04. The Morgan fingerprint density at radius 2 is 2.23 bits per heavy atom. The summed E-state index contributed by atoms with van der Waals surface area (Å²) in [6.07, 6.45) is 1.16. The molecule has 0 atom stereocenters. The van der Waals surface area contributed by atoms with Gasteiger partial charge < -0.3 is 0 Å². The van der Waals surface area contributed by atoms with Crippen molar-refractivity contribution in [1.82, 2.24) is 4.98 Å². The van der Waals surface area contributed by atoms with Crippen LogP contribution in [0.5, 0.6) is 0 Å². The van der Waals surface area contributed by atoms with Crippen molar-refractivity contribution < 1.29 is 13.6 Å². The fourth-order valence-electron chi connectivity index (χ4n) is 0.783. The Morgan fingerprint density at radius 3 is 2.69 bits per heavy atom. The van der Waals surface area contributed by atoms with Crippen LogP contribution in [0.2, 0.25) is 5.02 Å². The van der Waals surface area contributed by atoms with E-state index in [1.54, 1.807) is 0 Å². The van der Waals surface area contributed by atoms with Gasteiger partial charge in [0.05, 0.1) is 5.02 Å². The zero-order valence-corrected chi connectivity index (χ0v) is 7.48. The zero-order valence-electron chi connectivity index (χ0n) is 6.72. The van der Waals surface area contributed by atoms with Crippen molar-refractivity contribution in [3.05, 3.63) is 29.0 Å². The molecule has 13 heavy (non-hydrogen) atoms. The molecule has 1 heterocycles. The summed E-state index contributed by atoms with van der Waals surface area (Å²) in [5, 5.41) is -0.206. The molecular weight excluding hydrogens is 200 g/mol. The number of ketones is 1. The minimum atomic E-state index is -3.60. The van der Waals surface area contributed by atoms with E-state index >= 15 is 0 Å². The number of halogens is 3. The average molecular weight is 206 g/mol. The third-order valence-electron chi connectivity index (χ3n) is 1.50. The molecule has 0 saturated heterocycles. The summed E-state index contributed by atoms with van der Waals surface area (Å²) < 4.78 is 26.1. The first-order valence-corrected chi connectivity index (χ1v) is 3.84. The highest BCUT2D eigenvalue weighted by Gasteiger charge is 2.40. The van der Waals surface area contributed by atoms with Crippen molar-refractivity contribution in [3.8, 4) is 0 Å². The number of carbonyl (C=O) groups is 1. The number of carbonyl (C=O) groups excluding carboxylic acids is 1. The van der Waals surface area contributed by atoms with Crippen LogP contribution in [0.15, 0.2) is 18.3 Å². The summed E-state index contributed by atoms with van der Waals surface area (Å²) >= 11 is 5.46. The number of alkyl halides is 2. The van der Waals surface area contributed by atoms with Crippen LogP contribution in [0, 0.1) is 0 Å². The molecule has 1 aromatic heterocycles. The van der Waals surface area contributed by atoms with Crippen LogP contribution in [0.25, 0.3) is 0 Å². The van der Waals surface area contributed by atoms with Crippen LogP contribution < -0.4 is 0 Å². The van der Waals surface area contributed by atoms with E-state index in [2.05, 4.69) is 4.98 Å². The fraction of sp³-hybridized carbons (Fsp3) is 0.250. The molecule has 0 aliphatic carbocycles. The largest absolute Gasteiger partial charge is 0.348 e. The molecule has 0 aliphatic heterocycles. The Hall–Kier alpha value is -1.03. The predicted molar refractivity (Wildman–Crippen MR) is 43.8 cm³/mol. The van der Waals surface area contributed by atoms with Crippen LogP contribution in [-0.4, -0.2) is 10.8 Å². The standard InChI is InChI=1S/C8H6ClF2NO/c1-5(13)8(10,11)7-6(9)3-2-4-12-7/h2-4H,1H3. The molecular formula is C8H6ClF2NO. The van der Waals surface area contributed by atoms with E-state index in [1.807, 2.05) is 0 Å². The molecule has 1 rings (SSSR count). The molecule has 0 bridgehead atoms. The van der Waals surface area contributed by atoms with Crippen molar-refractivity contribution in [2.24, 2.45) is 0 Å². The molecule has 0 radical (unpaired) electrons. The van der Waals surface area contributed by atoms with Gasteiger partial charge in [-0.25, -0.2) is 0 Å². The molecule has 0 spiro atoms. The normalized spacial score (nSPS) is 11.4. The lowest BCUT2D eigenvalue weighted by Crippen LogP contribution is -2.24. The summed E-state index contributed by atoms with van der Waals surface area (Å²) in [5.41, 5.74) is -0.691.